The van der Waals surface area contributed by atoms with Crippen molar-refractivity contribution in [1.29, 1.82) is 0 Å². The molecule has 0 spiro atoms. The van der Waals surface area contributed by atoms with Crippen LogP contribution in [0.1, 0.15) is 38.3 Å². The first-order valence-electron chi connectivity index (χ1n) is 6.93. The van der Waals surface area contributed by atoms with Crippen molar-refractivity contribution >= 4 is 10.8 Å². The van der Waals surface area contributed by atoms with E-state index in [9.17, 15) is 4.21 Å². The molecular formula is C15H25NO2S. The Morgan fingerprint density at radius 3 is 2.47 bits per heavy atom. The minimum absolute atomic E-state index is 0.161. The maximum Gasteiger partial charge on any atom is 0.118 e. The van der Waals surface area contributed by atoms with Crippen molar-refractivity contribution in [2.24, 2.45) is 0 Å². The summed E-state index contributed by atoms with van der Waals surface area (Å²) in [6, 6.07) is 8.16. The van der Waals surface area contributed by atoms with Crippen molar-refractivity contribution in [3.05, 3.63) is 29.8 Å². The molecule has 19 heavy (non-hydrogen) atoms. The summed E-state index contributed by atoms with van der Waals surface area (Å²) in [6.45, 7) is 5.08. The molecule has 2 unspecified atom stereocenters. The number of nitrogens with one attached hydrogen (secondary N) is 1. The highest BCUT2D eigenvalue weighted by Crippen LogP contribution is 2.18. The number of hydrogen-bond donors (Lipinski definition) is 1. The predicted molar refractivity (Wildman–Crippen MR) is 82.2 cm³/mol. The van der Waals surface area contributed by atoms with E-state index in [1.807, 2.05) is 24.3 Å². The van der Waals surface area contributed by atoms with Crippen LogP contribution in [0.3, 0.4) is 0 Å². The van der Waals surface area contributed by atoms with E-state index in [-0.39, 0.29) is 6.04 Å². The maximum absolute atomic E-state index is 12.0. The standard InChI is InChI=1S/C15H25NO2S/c1-4-6-11-19(17)12-15(16-5-2)13-7-9-14(18-3)10-8-13/h7-10,15-16H,4-6,11-12H2,1-3H3. The summed E-state index contributed by atoms with van der Waals surface area (Å²) >= 11 is 0. The van der Waals surface area contributed by atoms with Gasteiger partial charge in [0.05, 0.1) is 7.11 Å². The third-order valence-corrected chi connectivity index (χ3v) is 4.50. The Hall–Kier alpha value is -0.870. The average molecular weight is 283 g/mol. The van der Waals surface area contributed by atoms with E-state index in [4.69, 9.17) is 4.74 Å². The number of rotatable bonds is 9. The van der Waals surface area contributed by atoms with Gasteiger partial charge in [-0.25, -0.2) is 0 Å². The first-order chi connectivity index (χ1) is 9.21. The zero-order valence-electron chi connectivity index (χ0n) is 12.1. The second-order valence-corrected chi connectivity index (χ2v) is 6.17. The van der Waals surface area contributed by atoms with E-state index in [1.165, 1.54) is 5.56 Å². The molecule has 2 atom stereocenters. The van der Waals surface area contributed by atoms with Crippen LogP contribution in [0.2, 0.25) is 0 Å². The quantitative estimate of drug-likeness (QED) is 0.757. The molecule has 0 bridgehead atoms. The van der Waals surface area contributed by atoms with Crippen LogP contribution in [-0.2, 0) is 10.8 Å². The van der Waals surface area contributed by atoms with Gasteiger partial charge in [0.1, 0.15) is 5.75 Å². The lowest BCUT2D eigenvalue weighted by Crippen LogP contribution is -2.26. The molecule has 4 heteroatoms. The van der Waals surface area contributed by atoms with Crippen molar-refractivity contribution in [1.82, 2.24) is 5.32 Å². The molecule has 0 aromatic heterocycles. The normalized spacial score (nSPS) is 14.1. The zero-order chi connectivity index (χ0) is 14.1. The molecule has 108 valence electrons. The van der Waals surface area contributed by atoms with Gasteiger partial charge in [-0.3, -0.25) is 4.21 Å². The smallest absolute Gasteiger partial charge is 0.118 e. The number of methoxy groups -OCH3 is 1. The number of benzene rings is 1. The van der Waals surface area contributed by atoms with Gasteiger partial charge in [-0.15, -0.1) is 0 Å². The summed E-state index contributed by atoms with van der Waals surface area (Å²) in [5, 5.41) is 3.41. The fourth-order valence-electron chi connectivity index (χ4n) is 1.93. The molecule has 3 nitrogen and oxygen atoms in total. The fourth-order valence-corrected chi connectivity index (χ4v) is 3.39. The van der Waals surface area contributed by atoms with E-state index in [0.717, 1.165) is 30.9 Å². The predicted octanol–water partition coefficient (Wildman–Crippen LogP) is 2.89. The Morgan fingerprint density at radius 1 is 1.26 bits per heavy atom. The highest BCUT2D eigenvalue weighted by molar-refractivity contribution is 7.85. The third-order valence-electron chi connectivity index (χ3n) is 3.05. The highest BCUT2D eigenvalue weighted by atomic mass is 32.2. The summed E-state index contributed by atoms with van der Waals surface area (Å²) < 4.78 is 17.2. The van der Waals surface area contributed by atoms with Gasteiger partial charge in [0.25, 0.3) is 0 Å². The van der Waals surface area contributed by atoms with E-state index >= 15 is 0 Å². The first kappa shape index (κ1) is 16.2. The van der Waals surface area contributed by atoms with Gasteiger partial charge in [0, 0.05) is 28.3 Å². The van der Waals surface area contributed by atoms with Crippen molar-refractivity contribution < 1.29 is 8.95 Å². The molecule has 0 saturated carbocycles. The van der Waals surface area contributed by atoms with E-state index < -0.39 is 10.8 Å². The average Bonchev–Trinajstić information content (AvgIpc) is 2.45. The lowest BCUT2D eigenvalue weighted by atomic mass is 10.1. The zero-order valence-corrected chi connectivity index (χ0v) is 13.0. The second kappa shape index (κ2) is 9.10. The van der Waals surface area contributed by atoms with E-state index in [2.05, 4.69) is 19.2 Å². The van der Waals surface area contributed by atoms with Gasteiger partial charge < -0.3 is 10.1 Å². The van der Waals surface area contributed by atoms with Gasteiger partial charge in [-0.2, -0.15) is 0 Å². The van der Waals surface area contributed by atoms with Crippen molar-refractivity contribution in [2.75, 3.05) is 25.2 Å². The van der Waals surface area contributed by atoms with Crippen LogP contribution in [0.4, 0.5) is 0 Å². The molecule has 1 aromatic rings. The first-order valence-corrected chi connectivity index (χ1v) is 8.42. The van der Waals surface area contributed by atoms with Crippen LogP contribution < -0.4 is 10.1 Å². The maximum atomic E-state index is 12.0. The lowest BCUT2D eigenvalue weighted by Gasteiger charge is -2.18. The molecule has 1 N–H and O–H groups in total. The summed E-state index contributed by atoms with van der Waals surface area (Å²) in [5.74, 6) is 2.33. The van der Waals surface area contributed by atoms with Crippen LogP contribution in [0.5, 0.6) is 5.75 Å². The molecular weight excluding hydrogens is 258 g/mol. The number of ether oxygens (including phenoxy) is 1. The minimum Gasteiger partial charge on any atom is -0.497 e. The Kier molecular flexibility index (Phi) is 7.75. The molecule has 0 radical (unpaired) electrons. The summed E-state index contributed by atoms with van der Waals surface area (Å²) in [5.41, 5.74) is 1.17. The van der Waals surface area contributed by atoms with Gasteiger partial charge >= 0.3 is 0 Å². The van der Waals surface area contributed by atoms with Gasteiger partial charge in [-0.1, -0.05) is 32.4 Å². The SMILES string of the molecule is CCCCS(=O)CC(NCC)c1ccc(OC)cc1. The molecule has 0 fully saturated rings. The molecule has 1 rings (SSSR count). The van der Waals surface area contributed by atoms with E-state index in [1.54, 1.807) is 7.11 Å². The fraction of sp³-hybridized carbons (Fsp3) is 0.600. The summed E-state index contributed by atoms with van der Waals surface area (Å²) in [7, 11) is 0.910. The van der Waals surface area contributed by atoms with Gasteiger partial charge in [0.15, 0.2) is 0 Å². The van der Waals surface area contributed by atoms with Crippen LogP contribution in [0.25, 0.3) is 0 Å². The number of unbranched alkanes of at least 4 members (excludes halogenated alkanes) is 1. The summed E-state index contributed by atoms with van der Waals surface area (Å²) in [6.07, 6.45) is 2.13. The Balaban J connectivity index is 2.67. The molecule has 0 amide bonds. The molecule has 0 saturated heterocycles. The highest BCUT2D eigenvalue weighted by Gasteiger charge is 2.13. The Bertz CT molecular complexity index is 378. The van der Waals surface area contributed by atoms with E-state index in [0.29, 0.717) is 5.75 Å². The Labute approximate surface area is 119 Å². The van der Waals surface area contributed by atoms with Crippen molar-refractivity contribution in [3.8, 4) is 5.75 Å². The molecule has 0 heterocycles. The van der Waals surface area contributed by atoms with Crippen LogP contribution >= 0.6 is 0 Å². The molecule has 0 aliphatic heterocycles. The topological polar surface area (TPSA) is 38.3 Å². The van der Waals surface area contributed by atoms with Crippen LogP contribution in [-0.4, -0.2) is 29.4 Å². The molecule has 0 aliphatic rings. The minimum atomic E-state index is -0.753. The van der Waals surface area contributed by atoms with Gasteiger partial charge in [0.2, 0.25) is 0 Å². The lowest BCUT2D eigenvalue weighted by molar-refractivity contribution is 0.414. The van der Waals surface area contributed by atoms with Crippen molar-refractivity contribution in [2.45, 2.75) is 32.7 Å². The molecule has 1 aromatic carbocycles. The third kappa shape index (κ3) is 5.74. The molecule has 0 aliphatic carbocycles. The monoisotopic (exact) mass is 283 g/mol. The second-order valence-electron chi connectivity index (χ2n) is 4.55. The summed E-state index contributed by atoms with van der Waals surface area (Å²) in [4.78, 5) is 0. The number of hydrogen-bond acceptors (Lipinski definition) is 3. The van der Waals surface area contributed by atoms with Crippen LogP contribution in [0.15, 0.2) is 24.3 Å². The van der Waals surface area contributed by atoms with Gasteiger partial charge in [-0.05, 0) is 30.7 Å². The Morgan fingerprint density at radius 2 is 1.95 bits per heavy atom. The van der Waals surface area contributed by atoms with Crippen molar-refractivity contribution in [3.63, 3.8) is 0 Å². The largest absolute Gasteiger partial charge is 0.497 e. The van der Waals surface area contributed by atoms with Crippen LogP contribution in [0, 0.1) is 0 Å².